The van der Waals surface area contributed by atoms with Gasteiger partial charge in [0.1, 0.15) is 18.9 Å². The van der Waals surface area contributed by atoms with Crippen molar-refractivity contribution in [2.45, 2.75) is 103 Å². The fourth-order valence-corrected chi connectivity index (χ4v) is 6.16. The van der Waals surface area contributed by atoms with Crippen LogP contribution < -0.4 is 10.1 Å². The van der Waals surface area contributed by atoms with E-state index in [1.807, 2.05) is 4.57 Å². The molecule has 218 valence electrons. The minimum atomic E-state index is -2.06. The molecule has 3 rings (SSSR count). The highest BCUT2D eigenvalue weighted by Crippen LogP contribution is 2.43. The maximum atomic E-state index is 6.94. The number of ether oxygens (including phenoxy) is 2. The van der Waals surface area contributed by atoms with Crippen molar-refractivity contribution in [3.63, 3.8) is 0 Å². The SMILES string of the molecule is C=CCNc1nc(OCC=C)c2ncn([C@H]3C[C@H](O[Si](C)(C)C(C)(C)C)[C@@H](CO[Si](C)(C)C(C)(C)C)O3)c2n1. The van der Waals surface area contributed by atoms with E-state index >= 15 is 0 Å². The molecule has 2 aromatic heterocycles. The molecule has 1 fully saturated rings. The molecule has 1 saturated heterocycles. The zero-order chi connectivity index (χ0) is 29.2. The summed E-state index contributed by atoms with van der Waals surface area (Å²) in [6.45, 7) is 31.5. The third-order valence-corrected chi connectivity index (χ3v) is 17.3. The maximum absolute atomic E-state index is 6.94. The third kappa shape index (κ3) is 7.18. The molecule has 39 heavy (non-hydrogen) atoms. The number of nitrogens with one attached hydrogen (secondary N) is 1. The molecule has 1 aliphatic rings. The van der Waals surface area contributed by atoms with Gasteiger partial charge in [-0.3, -0.25) is 4.57 Å². The molecule has 0 unspecified atom stereocenters. The predicted octanol–water partition coefficient (Wildman–Crippen LogP) is 6.69. The smallest absolute Gasteiger partial charge is 0.247 e. The Morgan fingerprint density at radius 1 is 1.05 bits per heavy atom. The lowest BCUT2D eigenvalue weighted by molar-refractivity contribution is -0.0383. The van der Waals surface area contributed by atoms with E-state index in [1.54, 1.807) is 18.5 Å². The second-order valence-corrected chi connectivity index (χ2v) is 22.9. The highest BCUT2D eigenvalue weighted by Gasteiger charge is 2.47. The summed E-state index contributed by atoms with van der Waals surface area (Å²) in [7, 11) is -4.04. The molecule has 0 radical (unpaired) electrons. The van der Waals surface area contributed by atoms with E-state index in [4.69, 9.17) is 23.3 Å². The van der Waals surface area contributed by atoms with Crippen molar-refractivity contribution in [3.05, 3.63) is 31.6 Å². The Bertz CT molecular complexity index is 1150. The Balaban J connectivity index is 1.97. The molecule has 1 aliphatic heterocycles. The monoisotopic (exact) mass is 575 g/mol. The number of nitrogens with zero attached hydrogens (tertiary/aromatic N) is 4. The van der Waals surface area contributed by atoms with Crippen LogP contribution in [0.1, 0.15) is 54.2 Å². The van der Waals surface area contributed by atoms with Crippen molar-refractivity contribution in [3.8, 4) is 5.88 Å². The maximum Gasteiger partial charge on any atom is 0.247 e. The van der Waals surface area contributed by atoms with Gasteiger partial charge in [-0.25, -0.2) is 4.98 Å². The Hall–Kier alpha value is -2.06. The Kier molecular flexibility index (Phi) is 9.54. The minimum Gasteiger partial charge on any atom is -0.472 e. The van der Waals surface area contributed by atoms with Crippen molar-refractivity contribution in [2.24, 2.45) is 0 Å². The quantitative estimate of drug-likeness (QED) is 0.221. The van der Waals surface area contributed by atoms with Crippen molar-refractivity contribution < 1.29 is 18.3 Å². The first-order chi connectivity index (χ1) is 18.0. The normalized spacial score (nSPS) is 20.8. The lowest BCUT2D eigenvalue weighted by Gasteiger charge is -2.40. The van der Waals surface area contributed by atoms with E-state index in [0.29, 0.717) is 49.2 Å². The molecule has 0 aromatic carbocycles. The van der Waals surface area contributed by atoms with Crippen LogP contribution in [-0.2, 0) is 13.6 Å². The van der Waals surface area contributed by atoms with Crippen LogP contribution in [0.25, 0.3) is 11.2 Å². The molecule has 9 nitrogen and oxygen atoms in total. The van der Waals surface area contributed by atoms with E-state index in [-0.39, 0.29) is 28.5 Å². The van der Waals surface area contributed by atoms with Crippen LogP contribution in [0.15, 0.2) is 31.6 Å². The molecule has 11 heteroatoms. The number of anilines is 1. The molecule has 0 saturated carbocycles. The van der Waals surface area contributed by atoms with Gasteiger partial charge in [0, 0.05) is 13.0 Å². The van der Waals surface area contributed by atoms with Crippen molar-refractivity contribution in [1.29, 1.82) is 0 Å². The highest BCUT2D eigenvalue weighted by molar-refractivity contribution is 6.74. The second kappa shape index (κ2) is 11.8. The first-order valence-corrected chi connectivity index (χ1v) is 19.6. The van der Waals surface area contributed by atoms with Crippen LogP contribution >= 0.6 is 0 Å². The molecule has 3 heterocycles. The van der Waals surface area contributed by atoms with Crippen LogP contribution in [-0.4, -0.2) is 68.1 Å². The number of imidazole rings is 1. The van der Waals surface area contributed by atoms with Crippen LogP contribution in [0.4, 0.5) is 5.95 Å². The number of aromatic nitrogens is 4. The molecule has 0 amide bonds. The van der Waals surface area contributed by atoms with Crippen molar-refractivity contribution in [2.75, 3.05) is 25.1 Å². The Labute approximate surface area is 236 Å². The fraction of sp³-hybridized carbons (Fsp3) is 0.679. The first kappa shape index (κ1) is 31.5. The summed E-state index contributed by atoms with van der Waals surface area (Å²) in [5.41, 5.74) is 1.21. The summed E-state index contributed by atoms with van der Waals surface area (Å²) < 4.78 is 28.1. The van der Waals surface area contributed by atoms with Crippen LogP contribution in [0, 0.1) is 0 Å². The van der Waals surface area contributed by atoms with E-state index in [9.17, 15) is 0 Å². The third-order valence-electron chi connectivity index (χ3n) is 8.29. The molecular weight excluding hydrogens is 527 g/mol. The average molecular weight is 576 g/mol. The largest absolute Gasteiger partial charge is 0.472 e. The van der Waals surface area contributed by atoms with Crippen LogP contribution in [0.3, 0.4) is 0 Å². The van der Waals surface area contributed by atoms with Gasteiger partial charge in [0.15, 0.2) is 27.8 Å². The minimum absolute atomic E-state index is 0.0773. The standard InChI is InChI=1S/C28H49N5O4Si2/c1-13-15-29-26-31-24-23(25(32-26)34-16-14-2)30-19-33(24)22-17-20(37-39(11,12)28(6,7)8)21(36-22)18-35-38(9,10)27(3,4)5/h13-14,19-22H,1-2,15-18H2,3-12H3,(H,29,31,32)/t20-,21+,22+/m0/s1. The average Bonchev–Trinajstić information content (AvgIpc) is 3.42. The molecule has 0 bridgehead atoms. The van der Waals surface area contributed by atoms with Crippen molar-refractivity contribution >= 4 is 33.7 Å². The van der Waals surface area contributed by atoms with E-state index < -0.39 is 16.6 Å². The lowest BCUT2D eigenvalue weighted by atomic mass is 10.2. The molecule has 0 aliphatic carbocycles. The van der Waals surface area contributed by atoms with E-state index in [2.05, 4.69) is 96.2 Å². The summed E-state index contributed by atoms with van der Waals surface area (Å²) >= 11 is 0. The van der Waals surface area contributed by atoms with E-state index in [1.165, 1.54) is 0 Å². The topological polar surface area (TPSA) is 92.6 Å². The molecule has 1 N–H and O–H groups in total. The summed E-state index contributed by atoms with van der Waals surface area (Å²) in [6.07, 6.45) is 5.24. The second-order valence-electron chi connectivity index (χ2n) is 13.3. The van der Waals surface area contributed by atoms with Crippen LogP contribution in [0.2, 0.25) is 36.3 Å². The van der Waals surface area contributed by atoms with Crippen molar-refractivity contribution in [1.82, 2.24) is 19.5 Å². The lowest BCUT2D eigenvalue weighted by Crippen LogP contribution is -2.48. The van der Waals surface area contributed by atoms with E-state index in [0.717, 1.165) is 0 Å². The van der Waals surface area contributed by atoms with Gasteiger partial charge >= 0.3 is 0 Å². The van der Waals surface area contributed by atoms with Gasteiger partial charge in [-0.2, -0.15) is 9.97 Å². The Morgan fingerprint density at radius 3 is 2.31 bits per heavy atom. The van der Waals surface area contributed by atoms with Gasteiger partial charge in [0.25, 0.3) is 0 Å². The molecule has 3 atom stereocenters. The fourth-order valence-electron chi connectivity index (χ4n) is 3.79. The van der Waals surface area contributed by atoms with Gasteiger partial charge in [-0.1, -0.05) is 60.3 Å². The number of fused-ring (bicyclic) bond motifs is 1. The number of rotatable bonds is 12. The van der Waals surface area contributed by atoms with Gasteiger partial charge in [0.05, 0.1) is 19.0 Å². The highest BCUT2D eigenvalue weighted by atomic mass is 28.4. The van der Waals surface area contributed by atoms with Gasteiger partial charge in [0.2, 0.25) is 11.8 Å². The Morgan fingerprint density at radius 2 is 1.72 bits per heavy atom. The predicted molar refractivity (Wildman–Crippen MR) is 163 cm³/mol. The summed E-state index contributed by atoms with van der Waals surface area (Å²) in [5, 5.41) is 3.35. The molecular formula is C28H49N5O4Si2. The first-order valence-electron chi connectivity index (χ1n) is 13.8. The number of hydrogen-bond acceptors (Lipinski definition) is 8. The summed E-state index contributed by atoms with van der Waals surface area (Å²) in [4.78, 5) is 13.9. The molecule has 2 aromatic rings. The van der Waals surface area contributed by atoms with Gasteiger partial charge in [-0.05, 0) is 36.3 Å². The van der Waals surface area contributed by atoms with Gasteiger partial charge in [-0.15, -0.1) is 6.58 Å². The van der Waals surface area contributed by atoms with Crippen LogP contribution in [0.5, 0.6) is 5.88 Å². The zero-order valence-electron chi connectivity index (χ0n) is 25.6. The molecule has 0 spiro atoms. The summed E-state index contributed by atoms with van der Waals surface area (Å²) in [5.74, 6) is 0.836. The summed E-state index contributed by atoms with van der Waals surface area (Å²) in [6, 6.07) is 0. The van der Waals surface area contributed by atoms with Gasteiger partial charge < -0.3 is 23.6 Å². The number of hydrogen-bond donors (Lipinski definition) is 1. The zero-order valence-corrected chi connectivity index (χ0v) is 27.6.